The lowest BCUT2D eigenvalue weighted by molar-refractivity contribution is -0.384. The molecule has 1 fully saturated rings. The first-order valence-corrected chi connectivity index (χ1v) is 7.51. The van der Waals surface area contributed by atoms with E-state index in [1.54, 1.807) is 24.3 Å². The van der Waals surface area contributed by atoms with Crippen molar-refractivity contribution in [3.05, 3.63) is 40.1 Å². The van der Waals surface area contributed by atoms with E-state index in [0.717, 1.165) is 49.1 Å². The van der Waals surface area contributed by atoms with E-state index in [9.17, 15) is 10.1 Å². The Hall–Kier alpha value is -2.77. The van der Waals surface area contributed by atoms with Crippen LogP contribution in [0.2, 0.25) is 0 Å². The summed E-state index contributed by atoms with van der Waals surface area (Å²) in [6, 6.07) is 6.70. The summed E-state index contributed by atoms with van der Waals surface area (Å²) in [6.45, 7) is 5.25. The van der Waals surface area contributed by atoms with E-state index < -0.39 is 0 Å². The van der Waals surface area contributed by atoms with E-state index in [1.807, 2.05) is 18.7 Å². The van der Waals surface area contributed by atoms with Crippen LogP contribution in [0.5, 0.6) is 0 Å². The van der Waals surface area contributed by atoms with E-state index in [4.69, 9.17) is 5.73 Å². The van der Waals surface area contributed by atoms with Crippen LogP contribution in [0, 0.1) is 17.0 Å². The summed E-state index contributed by atoms with van der Waals surface area (Å²) < 4.78 is 1.83. The lowest BCUT2D eigenvalue weighted by atomic mass is 10.2. The van der Waals surface area contributed by atoms with Crippen LogP contribution in [-0.4, -0.2) is 40.9 Å². The Kier molecular flexibility index (Phi) is 3.81. The fourth-order valence-corrected chi connectivity index (χ4v) is 3.00. The van der Waals surface area contributed by atoms with Crippen molar-refractivity contribution >= 4 is 22.9 Å². The largest absolute Gasteiger partial charge is 0.394 e. The second-order valence-electron chi connectivity index (χ2n) is 5.69. The highest BCUT2D eigenvalue weighted by Crippen LogP contribution is 2.28. The third-order valence-corrected chi connectivity index (χ3v) is 4.24. The number of benzene rings is 1. The van der Waals surface area contributed by atoms with E-state index in [2.05, 4.69) is 14.9 Å². The number of nitro benzene ring substituents is 1. The number of aromatic nitrogens is 2. The maximum absolute atomic E-state index is 10.7. The van der Waals surface area contributed by atoms with Crippen LogP contribution < -0.4 is 15.5 Å². The zero-order valence-corrected chi connectivity index (χ0v) is 13.3. The molecule has 0 radical (unpaired) electrons. The van der Waals surface area contributed by atoms with Gasteiger partial charge in [-0.05, 0) is 19.1 Å². The molecular weight excluding hydrogens is 296 g/mol. The van der Waals surface area contributed by atoms with Gasteiger partial charge in [-0.25, -0.2) is 0 Å². The molecule has 2 N–H and O–H groups in total. The van der Waals surface area contributed by atoms with Gasteiger partial charge in [-0.3, -0.25) is 14.8 Å². The molecule has 0 bridgehead atoms. The topological polar surface area (TPSA) is 93.5 Å². The molecule has 0 spiro atoms. The SMILES string of the molecule is Cc1nn(C)c(N2CCN(c3ccc([N+](=O)[O-])cc3)CC2)c1N. The minimum absolute atomic E-state index is 0.116. The molecule has 8 heteroatoms. The summed E-state index contributed by atoms with van der Waals surface area (Å²) in [7, 11) is 1.90. The number of anilines is 3. The van der Waals surface area contributed by atoms with Crippen LogP contribution in [-0.2, 0) is 7.05 Å². The molecule has 0 saturated carbocycles. The van der Waals surface area contributed by atoms with Gasteiger partial charge in [-0.15, -0.1) is 0 Å². The number of non-ortho nitro benzene ring substituents is 1. The predicted molar refractivity (Wildman–Crippen MR) is 89.9 cm³/mol. The highest BCUT2D eigenvalue weighted by molar-refractivity contribution is 5.67. The standard InChI is InChI=1S/C15H20N6O2/c1-11-14(16)15(18(2)17-11)20-9-7-19(8-10-20)12-3-5-13(6-4-12)21(22)23/h3-6H,7-10,16H2,1-2H3. The molecule has 23 heavy (non-hydrogen) atoms. The van der Waals surface area contributed by atoms with Crippen LogP contribution in [0.1, 0.15) is 5.69 Å². The molecule has 1 aliphatic heterocycles. The van der Waals surface area contributed by atoms with Crippen molar-refractivity contribution in [3.8, 4) is 0 Å². The van der Waals surface area contributed by atoms with Gasteiger partial charge in [0.1, 0.15) is 0 Å². The Labute approximate surface area is 134 Å². The molecule has 2 heterocycles. The van der Waals surface area contributed by atoms with Gasteiger partial charge in [0, 0.05) is 51.0 Å². The minimum atomic E-state index is -0.380. The summed E-state index contributed by atoms with van der Waals surface area (Å²) in [5.41, 5.74) is 8.82. The van der Waals surface area contributed by atoms with Gasteiger partial charge in [0.2, 0.25) is 0 Å². The van der Waals surface area contributed by atoms with Crippen molar-refractivity contribution in [2.24, 2.45) is 7.05 Å². The van der Waals surface area contributed by atoms with Gasteiger partial charge in [-0.1, -0.05) is 0 Å². The van der Waals surface area contributed by atoms with Crippen molar-refractivity contribution < 1.29 is 4.92 Å². The van der Waals surface area contributed by atoms with E-state index in [1.165, 1.54) is 0 Å². The highest BCUT2D eigenvalue weighted by Gasteiger charge is 2.23. The van der Waals surface area contributed by atoms with Crippen LogP contribution >= 0.6 is 0 Å². The van der Waals surface area contributed by atoms with Crippen molar-refractivity contribution in [3.63, 3.8) is 0 Å². The predicted octanol–water partition coefficient (Wildman–Crippen LogP) is 1.55. The first-order chi connectivity index (χ1) is 11.0. The van der Waals surface area contributed by atoms with Gasteiger partial charge in [0.15, 0.2) is 5.82 Å². The Morgan fingerprint density at radius 3 is 2.17 bits per heavy atom. The average molecular weight is 316 g/mol. The third kappa shape index (κ3) is 2.79. The lowest BCUT2D eigenvalue weighted by Crippen LogP contribution is -2.47. The fraction of sp³-hybridized carbons (Fsp3) is 0.400. The number of nitrogen functional groups attached to an aromatic ring is 1. The summed E-state index contributed by atoms with van der Waals surface area (Å²) in [6.07, 6.45) is 0. The normalized spacial score (nSPS) is 15.0. The summed E-state index contributed by atoms with van der Waals surface area (Å²) >= 11 is 0. The molecule has 1 aliphatic rings. The molecular formula is C15H20N6O2. The summed E-state index contributed by atoms with van der Waals surface area (Å²) in [5, 5.41) is 15.1. The van der Waals surface area contributed by atoms with E-state index in [0.29, 0.717) is 0 Å². The minimum Gasteiger partial charge on any atom is -0.394 e. The highest BCUT2D eigenvalue weighted by atomic mass is 16.6. The number of rotatable bonds is 3. The van der Waals surface area contributed by atoms with Gasteiger partial charge in [0.25, 0.3) is 5.69 Å². The molecule has 0 aliphatic carbocycles. The molecule has 1 saturated heterocycles. The number of piperazine rings is 1. The van der Waals surface area contributed by atoms with E-state index in [-0.39, 0.29) is 10.6 Å². The van der Waals surface area contributed by atoms with Crippen molar-refractivity contribution in [2.45, 2.75) is 6.92 Å². The van der Waals surface area contributed by atoms with E-state index >= 15 is 0 Å². The average Bonchev–Trinajstić information content (AvgIpc) is 2.80. The molecule has 1 aromatic heterocycles. The molecule has 0 atom stereocenters. The molecule has 8 nitrogen and oxygen atoms in total. The molecule has 122 valence electrons. The Balaban J connectivity index is 1.69. The molecule has 2 aromatic rings. The zero-order valence-electron chi connectivity index (χ0n) is 13.3. The zero-order chi connectivity index (χ0) is 16.6. The van der Waals surface area contributed by atoms with Crippen LogP contribution in [0.4, 0.5) is 22.9 Å². The number of nitro groups is 1. The monoisotopic (exact) mass is 316 g/mol. The van der Waals surface area contributed by atoms with Gasteiger partial charge >= 0.3 is 0 Å². The van der Waals surface area contributed by atoms with Crippen molar-refractivity contribution in [1.29, 1.82) is 0 Å². The molecule has 0 amide bonds. The molecule has 3 rings (SSSR count). The maximum Gasteiger partial charge on any atom is 0.269 e. The quantitative estimate of drug-likeness (QED) is 0.682. The van der Waals surface area contributed by atoms with Crippen LogP contribution in [0.3, 0.4) is 0 Å². The van der Waals surface area contributed by atoms with Gasteiger partial charge in [0.05, 0.1) is 16.3 Å². The Morgan fingerprint density at radius 1 is 1.13 bits per heavy atom. The summed E-state index contributed by atoms with van der Waals surface area (Å²) in [5.74, 6) is 0.964. The number of hydrogen-bond donors (Lipinski definition) is 1. The fourth-order valence-electron chi connectivity index (χ4n) is 3.00. The first-order valence-electron chi connectivity index (χ1n) is 7.51. The first kappa shape index (κ1) is 15.1. The molecule has 0 unspecified atom stereocenters. The Bertz CT molecular complexity index is 716. The second-order valence-corrected chi connectivity index (χ2v) is 5.69. The lowest BCUT2D eigenvalue weighted by Gasteiger charge is -2.37. The number of aryl methyl sites for hydroxylation is 2. The molecule has 1 aromatic carbocycles. The van der Waals surface area contributed by atoms with Crippen LogP contribution in [0.25, 0.3) is 0 Å². The maximum atomic E-state index is 10.7. The second kappa shape index (κ2) is 5.79. The summed E-state index contributed by atoms with van der Waals surface area (Å²) in [4.78, 5) is 14.8. The van der Waals surface area contributed by atoms with Gasteiger partial charge in [-0.2, -0.15) is 5.10 Å². The van der Waals surface area contributed by atoms with Crippen LogP contribution in [0.15, 0.2) is 24.3 Å². The number of hydrogen-bond acceptors (Lipinski definition) is 6. The Morgan fingerprint density at radius 2 is 1.70 bits per heavy atom. The van der Waals surface area contributed by atoms with Crippen molar-refractivity contribution in [1.82, 2.24) is 9.78 Å². The number of nitrogens with two attached hydrogens (primary N) is 1. The van der Waals surface area contributed by atoms with Crippen molar-refractivity contribution in [2.75, 3.05) is 41.7 Å². The van der Waals surface area contributed by atoms with Gasteiger partial charge < -0.3 is 15.5 Å². The smallest absolute Gasteiger partial charge is 0.269 e. The third-order valence-electron chi connectivity index (χ3n) is 4.24. The number of nitrogens with zero attached hydrogens (tertiary/aromatic N) is 5.